The van der Waals surface area contributed by atoms with Gasteiger partial charge < -0.3 is 5.11 Å². The molecule has 17 heavy (non-hydrogen) atoms. The molecule has 0 aromatic rings. The van der Waals surface area contributed by atoms with Crippen LogP contribution in [0.3, 0.4) is 0 Å². The Balaban J connectivity index is 3.07. The van der Waals surface area contributed by atoms with Crippen LogP contribution in [-0.2, 0) is 0 Å². The zero-order valence-electron chi connectivity index (χ0n) is 8.57. The highest BCUT2D eigenvalue weighted by atomic mass is 19.4. The molecular formula is C10H10F6O. The standard InChI is InChI=1S/C10H10F6O/c11-9(12,13)7-2-1-3-8(6-7,4-5-17)10(14,15)16/h1-3,17H,4-6H2. The largest absolute Gasteiger partial charge is 0.412 e. The number of hydrogen-bond acceptors (Lipinski definition) is 1. The van der Waals surface area contributed by atoms with Gasteiger partial charge in [0.2, 0.25) is 0 Å². The lowest BCUT2D eigenvalue weighted by Gasteiger charge is -2.35. The second-order valence-electron chi connectivity index (χ2n) is 3.85. The van der Waals surface area contributed by atoms with Crippen molar-refractivity contribution >= 4 is 0 Å². The summed E-state index contributed by atoms with van der Waals surface area (Å²) in [6.45, 7) is -0.824. The fourth-order valence-electron chi connectivity index (χ4n) is 1.71. The Kier molecular flexibility index (Phi) is 3.61. The summed E-state index contributed by atoms with van der Waals surface area (Å²) in [7, 11) is 0. The average Bonchev–Trinajstić information content (AvgIpc) is 2.15. The first-order valence-corrected chi connectivity index (χ1v) is 4.75. The van der Waals surface area contributed by atoms with Gasteiger partial charge in [0.05, 0.1) is 5.41 Å². The molecule has 0 fully saturated rings. The van der Waals surface area contributed by atoms with Crippen molar-refractivity contribution in [1.29, 1.82) is 0 Å². The zero-order valence-corrected chi connectivity index (χ0v) is 8.57. The van der Waals surface area contributed by atoms with Gasteiger partial charge in [0.25, 0.3) is 0 Å². The molecule has 0 heterocycles. The molecule has 0 aliphatic heterocycles. The third-order valence-corrected chi connectivity index (χ3v) is 2.71. The predicted octanol–water partition coefficient (Wildman–Crippen LogP) is 3.37. The van der Waals surface area contributed by atoms with Gasteiger partial charge >= 0.3 is 12.4 Å². The number of hydrogen-bond donors (Lipinski definition) is 1. The number of allylic oxidation sites excluding steroid dienone is 4. The molecule has 0 saturated carbocycles. The maximum absolute atomic E-state index is 12.8. The van der Waals surface area contributed by atoms with Crippen LogP contribution in [0.2, 0.25) is 0 Å². The first-order chi connectivity index (χ1) is 7.62. The molecular weight excluding hydrogens is 250 g/mol. The van der Waals surface area contributed by atoms with Crippen LogP contribution in [0.15, 0.2) is 23.8 Å². The van der Waals surface area contributed by atoms with Gasteiger partial charge in [-0.3, -0.25) is 0 Å². The fraction of sp³-hybridized carbons (Fsp3) is 0.600. The predicted molar refractivity (Wildman–Crippen MR) is 48.1 cm³/mol. The summed E-state index contributed by atoms with van der Waals surface area (Å²) in [5.74, 6) is 0. The van der Waals surface area contributed by atoms with Crippen LogP contribution in [-0.4, -0.2) is 24.1 Å². The van der Waals surface area contributed by atoms with Crippen LogP contribution in [0.4, 0.5) is 26.3 Å². The highest BCUT2D eigenvalue weighted by Crippen LogP contribution is 2.50. The van der Waals surface area contributed by atoms with E-state index in [-0.39, 0.29) is 0 Å². The average molecular weight is 260 g/mol. The summed E-state index contributed by atoms with van der Waals surface area (Å²) in [5, 5.41) is 8.60. The van der Waals surface area contributed by atoms with Gasteiger partial charge in [-0.1, -0.05) is 18.2 Å². The summed E-state index contributed by atoms with van der Waals surface area (Å²) < 4.78 is 75.5. The van der Waals surface area contributed by atoms with Gasteiger partial charge in [-0.2, -0.15) is 26.3 Å². The SMILES string of the molecule is OCCC1(C(F)(F)F)C=CC=C(C(F)(F)F)C1. The number of halogens is 6. The lowest BCUT2D eigenvalue weighted by molar-refractivity contribution is -0.214. The summed E-state index contributed by atoms with van der Waals surface area (Å²) in [4.78, 5) is 0. The van der Waals surface area contributed by atoms with Crippen molar-refractivity contribution in [2.24, 2.45) is 5.41 Å². The van der Waals surface area contributed by atoms with Crippen molar-refractivity contribution < 1.29 is 31.4 Å². The lowest BCUT2D eigenvalue weighted by atomic mass is 9.75. The number of aliphatic hydroxyl groups excluding tert-OH is 1. The van der Waals surface area contributed by atoms with Gasteiger partial charge in [-0.25, -0.2) is 0 Å². The van der Waals surface area contributed by atoms with Crippen molar-refractivity contribution in [1.82, 2.24) is 0 Å². The number of alkyl halides is 6. The lowest BCUT2D eigenvalue weighted by Crippen LogP contribution is -2.40. The molecule has 0 spiro atoms. The van der Waals surface area contributed by atoms with Crippen LogP contribution in [0.1, 0.15) is 12.8 Å². The van der Waals surface area contributed by atoms with Gasteiger partial charge in [0.15, 0.2) is 0 Å². The first-order valence-electron chi connectivity index (χ1n) is 4.75. The summed E-state index contributed by atoms with van der Waals surface area (Å²) in [6.07, 6.45) is -9.51. The molecule has 1 aliphatic carbocycles. The summed E-state index contributed by atoms with van der Waals surface area (Å²) >= 11 is 0. The van der Waals surface area contributed by atoms with E-state index < -0.39 is 42.8 Å². The fourth-order valence-corrected chi connectivity index (χ4v) is 1.71. The second kappa shape index (κ2) is 4.36. The Bertz CT molecular complexity index is 338. The third kappa shape index (κ3) is 2.83. The van der Waals surface area contributed by atoms with Gasteiger partial charge in [0.1, 0.15) is 0 Å². The molecule has 0 radical (unpaired) electrons. The molecule has 0 amide bonds. The molecule has 1 aliphatic rings. The van der Waals surface area contributed by atoms with E-state index in [0.29, 0.717) is 12.2 Å². The highest BCUT2D eigenvalue weighted by Gasteiger charge is 2.55. The Labute approximate surface area is 93.4 Å². The Morgan fingerprint density at radius 1 is 1.18 bits per heavy atom. The molecule has 1 nitrogen and oxygen atoms in total. The highest BCUT2D eigenvalue weighted by molar-refractivity contribution is 5.28. The zero-order chi connectivity index (χ0) is 13.3. The van der Waals surface area contributed by atoms with E-state index in [1.807, 2.05) is 0 Å². The molecule has 1 atom stereocenters. The van der Waals surface area contributed by atoms with Gasteiger partial charge in [0, 0.05) is 12.2 Å². The molecule has 0 aromatic carbocycles. The van der Waals surface area contributed by atoms with Crippen molar-refractivity contribution in [2.75, 3.05) is 6.61 Å². The third-order valence-electron chi connectivity index (χ3n) is 2.71. The molecule has 0 bridgehead atoms. The Morgan fingerprint density at radius 3 is 2.18 bits per heavy atom. The molecule has 1 N–H and O–H groups in total. The maximum atomic E-state index is 12.8. The minimum atomic E-state index is -4.82. The number of aliphatic hydroxyl groups is 1. The minimum absolute atomic E-state index is 0.626. The topological polar surface area (TPSA) is 20.2 Å². The van der Waals surface area contributed by atoms with Crippen LogP contribution in [0, 0.1) is 5.41 Å². The smallest absolute Gasteiger partial charge is 0.396 e. The van der Waals surface area contributed by atoms with E-state index in [4.69, 9.17) is 5.11 Å². The maximum Gasteiger partial charge on any atom is 0.412 e. The molecule has 98 valence electrons. The Hall–Kier alpha value is -0.980. The molecule has 7 heteroatoms. The van der Waals surface area contributed by atoms with E-state index in [2.05, 4.69) is 0 Å². The van der Waals surface area contributed by atoms with E-state index >= 15 is 0 Å². The normalized spacial score (nSPS) is 25.9. The first kappa shape index (κ1) is 14.1. The van der Waals surface area contributed by atoms with Gasteiger partial charge in [-0.05, 0) is 12.8 Å². The van der Waals surface area contributed by atoms with E-state index in [1.165, 1.54) is 0 Å². The van der Waals surface area contributed by atoms with E-state index in [1.54, 1.807) is 0 Å². The number of rotatable bonds is 2. The van der Waals surface area contributed by atoms with Crippen LogP contribution >= 0.6 is 0 Å². The minimum Gasteiger partial charge on any atom is -0.396 e. The molecule has 0 saturated heterocycles. The van der Waals surface area contributed by atoms with Crippen LogP contribution in [0.5, 0.6) is 0 Å². The second-order valence-corrected chi connectivity index (χ2v) is 3.85. The summed E-state index contributed by atoms with van der Waals surface area (Å²) in [5.41, 5.74) is -3.85. The molecule has 1 unspecified atom stereocenters. The van der Waals surface area contributed by atoms with E-state index in [0.717, 1.165) is 6.08 Å². The summed E-state index contributed by atoms with van der Waals surface area (Å²) in [6, 6.07) is 0. The van der Waals surface area contributed by atoms with Crippen molar-refractivity contribution in [3.8, 4) is 0 Å². The van der Waals surface area contributed by atoms with E-state index in [9.17, 15) is 26.3 Å². The van der Waals surface area contributed by atoms with Crippen molar-refractivity contribution in [2.45, 2.75) is 25.2 Å². The van der Waals surface area contributed by atoms with Crippen LogP contribution < -0.4 is 0 Å². The van der Waals surface area contributed by atoms with Crippen molar-refractivity contribution in [3.05, 3.63) is 23.8 Å². The van der Waals surface area contributed by atoms with Crippen molar-refractivity contribution in [3.63, 3.8) is 0 Å². The molecule has 1 rings (SSSR count). The quantitative estimate of drug-likeness (QED) is 0.755. The van der Waals surface area contributed by atoms with Gasteiger partial charge in [-0.15, -0.1) is 0 Å². The monoisotopic (exact) mass is 260 g/mol. The Morgan fingerprint density at radius 2 is 1.76 bits per heavy atom. The molecule has 0 aromatic heterocycles. The van der Waals surface area contributed by atoms with Crippen LogP contribution in [0.25, 0.3) is 0 Å².